The second-order valence-electron chi connectivity index (χ2n) is 4.00. The Morgan fingerprint density at radius 2 is 2.12 bits per heavy atom. The molecule has 0 aromatic heterocycles. The molecule has 86 valence electrons. The summed E-state index contributed by atoms with van der Waals surface area (Å²) in [5.74, 6) is 0.268. The van der Waals surface area contributed by atoms with E-state index < -0.39 is 0 Å². The first-order valence-corrected chi connectivity index (χ1v) is 5.67. The third-order valence-corrected chi connectivity index (χ3v) is 3.14. The quantitative estimate of drug-likeness (QED) is 0.412. The van der Waals surface area contributed by atoms with Gasteiger partial charge in [-0.15, -0.1) is 0 Å². The smallest absolute Gasteiger partial charge is 0.343 e. The lowest BCUT2D eigenvalue weighted by Crippen LogP contribution is -2.47. The lowest BCUT2D eigenvalue weighted by atomic mass is 9.93. The first kappa shape index (κ1) is 10.3. The SMILES string of the molecule is CC1=C2C(=O)Oc3ccccc3[C@@H]2NC(=S)N1. The molecule has 0 fully saturated rings. The summed E-state index contributed by atoms with van der Waals surface area (Å²) in [6.45, 7) is 1.82. The van der Waals surface area contributed by atoms with Crippen LogP contribution in [0, 0.1) is 0 Å². The molecule has 1 aromatic rings. The molecule has 0 aliphatic carbocycles. The minimum Gasteiger partial charge on any atom is -0.423 e. The van der Waals surface area contributed by atoms with E-state index in [2.05, 4.69) is 10.6 Å². The Morgan fingerprint density at radius 3 is 2.94 bits per heavy atom. The standard InChI is InChI=1S/C12H10N2O2S/c1-6-9-10(14-12(17)13-6)7-4-2-3-5-8(7)16-11(9)15/h2-5,10H,1H3,(H2,13,14,17)/t10-/m0/s1. The number of carbonyl (C=O) groups excluding carboxylic acids is 1. The summed E-state index contributed by atoms with van der Waals surface area (Å²) in [5, 5.41) is 6.56. The number of benzene rings is 1. The summed E-state index contributed by atoms with van der Waals surface area (Å²) < 4.78 is 5.29. The van der Waals surface area contributed by atoms with Crippen molar-refractivity contribution in [3.8, 4) is 5.75 Å². The molecule has 0 saturated heterocycles. The van der Waals surface area contributed by atoms with Crippen LogP contribution >= 0.6 is 12.2 Å². The highest BCUT2D eigenvalue weighted by molar-refractivity contribution is 7.80. The van der Waals surface area contributed by atoms with Crippen molar-refractivity contribution in [2.45, 2.75) is 13.0 Å². The monoisotopic (exact) mass is 246 g/mol. The molecule has 1 atom stereocenters. The maximum atomic E-state index is 11.9. The Bertz CT molecular complexity index is 565. The molecule has 0 radical (unpaired) electrons. The second-order valence-corrected chi connectivity index (χ2v) is 4.41. The summed E-state index contributed by atoms with van der Waals surface area (Å²) in [7, 11) is 0. The minimum atomic E-state index is -0.325. The van der Waals surface area contributed by atoms with Crippen molar-refractivity contribution < 1.29 is 9.53 Å². The third kappa shape index (κ3) is 1.51. The number of allylic oxidation sites excluding steroid dienone is 1. The highest BCUT2D eigenvalue weighted by Crippen LogP contribution is 2.37. The lowest BCUT2D eigenvalue weighted by molar-refractivity contribution is -0.131. The number of thiocarbonyl (C=S) groups is 1. The van der Waals surface area contributed by atoms with Crippen LogP contribution in [0.2, 0.25) is 0 Å². The minimum absolute atomic E-state index is 0.207. The number of nitrogens with one attached hydrogen (secondary N) is 2. The molecule has 0 spiro atoms. The summed E-state index contributed by atoms with van der Waals surface area (Å²) >= 11 is 5.11. The Morgan fingerprint density at radius 1 is 1.35 bits per heavy atom. The fourth-order valence-corrected chi connectivity index (χ4v) is 2.44. The van der Waals surface area contributed by atoms with Crippen molar-refractivity contribution in [3.05, 3.63) is 41.1 Å². The molecule has 5 heteroatoms. The number of para-hydroxylation sites is 1. The number of hydrogen-bond acceptors (Lipinski definition) is 3. The summed E-state index contributed by atoms with van der Waals surface area (Å²) in [6.07, 6.45) is 0. The number of ether oxygens (including phenoxy) is 1. The average molecular weight is 246 g/mol. The van der Waals surface area contributed by atoms with Gasteiger partial charge in [0.2, 0.25) is 0 Å². The molecule has 4 nitrogen and oxygen atoms in total. The second kappa shape index (κ2) is 3.56. The zero-order chi connectivity index (χ0) is 12.0. The van der Waals surface area contributed by atoms with Crippen molar-refractivity contribution in [1.29, 1.82) is 0 Å². The average Bonchev–Trinajstić information content (AvgIpc) is 2.28. The van der Waals surface area contributed by atoms with Gasteiger partial charge >= 0.3 is 5.97 Å². The van der Waals surface area contributed by atoms with Gasteiger partial charge in [0.05, 0.1) is 11.6 Å². The van der Waals surface area contributed by atoms with Crippen molar-refractivity contribution in [1.82, 2.24) is 10.6 Å². The van der Waals surface area contributed by atoms with E-state index in [1.807, 2.05) is 25.1 Å². The van der Waals surface area contributed by atoms with E-state index in [1.165, 1.54) is 0 Å². The van der Waals surface area contributed by atoms with Crippen molar-refractivity contribution in [2.75, 3.05) is 0 Å². The zero-order valence-electron chi connectivity index (χ0n) is 9.11. The largest absolute Gasteiger partial charge is 0.423 e. The van der Waals surface area contributed by atoms with Gasteiger partial charge in [0.25, 0.3) is 0 Å². The molecular weight excluding hydrogens is 236 g/mol. The van der Waals surface area contributed by atoms with Gasteiger partial charge in [-0.25, -0.2) is 4.79 Å². The number of fused-ring (bicyclic) bond motifs is 3. The van der Waals surface area contributed by atoms with Gasteiger partial charge in [0.15, 0.2) is 5.11 Å². The van der Waals surface area contributed by atoms with Crippen LogP contribution in [0.4, 0.5) is 0 Å². The molecule has 17 heavy (non-hydrogen) atoms. The summed E-state index contributed by atoms with van der Waals surface area (Å²) in [4.78, 5) is 11.9. The third-order valence-electron chi connectivity index (χ3n) is 2.92. The van der Waals surface area contributed by atoms with E-state index in [0.717, 1.165) is 11.3 Å². The van der Waals surface area contributed by atoms with Gasteiger partial charge < -0.3 is 15.4 Å². The van der Waals surface area contributed by atoms with E-state index in [-0.39, 0.29) is 12.0 Å². The van der Waals surface area contributed by atoms with Crippen molar-refractivity contribution in [2.24, 2.45) is 0 Å². The zero-order valence-corrected chi connectivity index (χ0v) is 9.93. The van der Waals surface area contributed by atoms with Crippen LogP contribution in [-0.4, -0.2) is 11.1 Å². The van der Waals surface area contributed by atoms with Crippen LogP contribution in [-0.2, 0) is 4.79 Å². The topological polar surface area (TPSA) is 50.4 Å². The van der Waals surface area contributed by atoms with Gasteiger partial charge in [-0.1, -0.05) is 18.2 Å². The first-order chi connectivity index (χ1) is 8.16. The lowest BCUT2D eigenvalue weighted by Gasteiger charge is -2.33. The molecule has 2 heterocycles. The van der Waals surface area contributed by atoms with Crippen LogP contribution < -0.4 is 15.4 Å². The predicted octanol–water partition coefficient (Wildman–Crippen LogP) is 1.40. The molecule has 1 aromatic carbocycles. The molecule has 2 aliphatic heterocycles. The molecule has 0 bridgehead atoms. The Labute approximate surface area is 104 Å². The van der Waals surface area contributed by atoms with Gasteiger partial charge in [-0.05, 0) is 25.2 Å². The maximum Gasteiger partial charge on any atom is 0.343 e. The number of carbonyl (C=O) groups is 1. The van der Waals surface area contributed by atoms with E-state index in [9.17, 15) is 4.79 Å². The fourth-order valence-electron chi connectivity index (χ4n) is 2.16. The van der Waals surface area contributed by atoms with Gasteiger partial charge in [-0.3, -0.25) is 0 Å². The van der Waals surface area contributed by atoms with Crippen molar-refractivity contribution >= 4 is 23.3 Å². The predicted molar refractivity (Wildman–Crippen MR) is 66.4 cm³/mol. The van der Waals surface area contributed by atoms with E-state index >= 15 is 0 Å². The first-order valence-electron chi connectivity index (χ1n) is 5.26. The number of esters is 1. The Hall–Kier alpha value is -1.88. The maximum absolute atomic E-state index is 11.9. The van der Waals surface area contributed by atoms with E-state index in [0.29, 0.717) is 16.4 Å². The molecule has 2 N–H and O–H groups in total. The molecule has 2 aliphatic rings. The fraction of sp³-hybridized carbons (Fsp3) is 0.167. The highest BCUT2D eigenvalue weighted by Gasteiger charge is 2.36. The van der Waals surface area contributed by atoms with Crippen LogP contribution in [0.1, 0.15) is 18.5 Å². The molecule has 3 rings (SSSR count). The molecule has 0 amide bonds. The van der Waals surface area contributed by atoms with Gasteiger partial charge in [0.1, 0.15) is 5.75 Å². The molecular formula is C12H10N2O2S. The molecule has 0 unspecified atom stereocenters. The normalized spacial score (nSPS) is 22.1. The van der Waals surface area contributed by atoms with E-state index in [4.69, 9.17) is 17.0 Å². The van der Waals surface area contributed by atoms with Gasteiger partial charge in [0, 0.05) is 11.3 Å². The number of rotatable bonds is 0. The van der Waals surface area contributed by atoms with Crippen LogP contribution in [0.3, 0.4) is 0 Å². The van der Waals surface area contributed by atoms with Crippen LogP contribution in [0.15, 0.2) is 35.5 Å². The van der Waals surface area contributed by atoms with Gasteiger partial charge in [-0.2, -0.15) is 0 Å². The number of hydrogen-bond donors (Lipinski definition) is 2. The molecule has 0 saturated carbocycles. The summed E-state index contributed by atoms with van der Waals surface area (Å²) in [6, 6.07) is 7.26. The van der Waals surface area contributed by atoms with Crippen molar-refractivity contribution in [3.63, 3.8) is 0 Å². The highest BCUT2D eigenvalue weighted by atomic mass is 32.1. The summed E-state index contributed by atoms with van der Waals surface area (Å²) in [5.41, 5.74) is 2.28. The Balaban J connectivity index is 2.20. The van der Waals surface area contributed by atoms with Crippen LogP contribution in [0.5, 0.6) is 5.75 Å². The van der Waals surface area contributed by atoms with E-state index in [1.54, 1.807) is 6.07 Å². The van der Waals surface area contributed by atoms with Crippen LogP contribution in [0.25, 0.3) is 0 Å². The Kier molecular flexibility index (Phi) is 2.16.